The van der Waals surface area contributed by atoms with E-state index in [1.807, 2.05) is 24.3 Å². The summed E-state index contributed by atoms with van der Waals surface area (Å²) in [6, 6.07) is 12.0. The fraction of sp³-hybridized carbons (Fsp3) is 0.316. The van der Waals surface area contributed by atoms with E-state index in [4.69, 9.17) is 15.0 Å². The number of benzene rings is 1. The van der Waals surface area contributed by atoms with Gasteiger partial charge in [-0.05, 0) is 23.8 Å². The van der Waals surface area contributed by atoms with Crippen molar-refractivity contribution >= 4 is 12.4 Å². The molecule has 142 valence electrons. The second-order valence-corrected chi connectivity index (χ2v) is 6.25. The Morgan fingerprint density at radius 2 is 1.93 bits per heavy atom. The van der Waals surface area contributed by atoms with Crippen molar-refractivity contribution in [2.24, 2.45) is 5.73 Å². The molecular weight excluding hydrogens is 366 g/mol. The molecular formula is C19H22ClN5O2. The number of pyridine rings is 1. The van der Waals surface area contributed by atoms with Gasteiger partial charge in [-0.1, -0.05) is 23.4 Å². The van der Waals surface area contributed by atoms with Crippen LogP contribution in [0.15, 0.2) is 47.1 Å². The van der Waals surface area contributed by atoms with Crippen LogP contribution in [-0.4, -0.2) is 46.3 Å². The lowest BCUT2D eigenvalue weighted by Gasteiger charge is -2.26. The van der Waals surface area contributed by atoms with E-state index in [0.29, 0.717) is 18.3 Å². The maximum atomic E-state index is 5.65. The first-order valence-corrected chi connectivity index (χ1v) is 8.70. The Bertz CT molecular complexity index is 880. The molecule has 8 heteroatoms. The van der Waals surface area contributed by atoms with Gasteiger partial charge in [-0.3, -0.25) is 9.88 Å². The summed E-state index contributed by atoms with van der Waals surface area (Å²) in [5, 5.41) is 4.13. The van der Waals surface area contributed by atoms with Gasteiger partial charge in [0.05, 0.1) is 18.9 Å². The second-order valence-electron chi connectivity index (χ2n) is 6.25. The number of rotatable bonds is 5. The van der Waals surface area contributed by atoms with Gasteiger partial charge in [-0.15, -0.1) is 12.4 Å². The average molecular weight is 388 g/mol. The number of ether oxygens (including phenoxy) is 1. The molecule has 27 heavy (non-hydrogen) atoms. The van der Waals surface area contributed by atoms with Gasteiger partial charge in [0, 0.05) is 43.5 Å². The Morgan fingerprint density at radius 3 is 2.74 bits per heavy atom. The first-order chi connectivity index (χ1) is 12.8. The van der Waals surface area contributed by atoms with Crippen LogP contribution in [0.3, 0.4) is 0 Å². The van der Waals surface area contributed by atoms with Gasteiger partial charge in [0.15, 0.2) is 0 Å². The maximum Gasteiger partial charge on any atom is 0.258 e. The van der Waals surface area contributed by atoms with E-state index < -0.39 is 0 Å². The third-order valence-corrected chi connectivity index (χ3v) is 4.39. The quantitative estimate of drug-likeness (QED) is 0.719. The zero-order chi connectivity index (χ0) is 17.8. The molecule has 1 aliphatic heterocycles. The average Bonchev–Trinajstić information content (AvgIpc) is 3.19. The molecule has 0 bridgehead atoms. The summed E-state index contributed by atoms with van der Waals surface area (Å²) in [4.78, 5) is 11.1. The fourth-order valence-electron chi connectivity index (χ4n) is 3.01. The SMILES string of the molecule is Cl.NCc1cc(-c2nc(-c3cccc(CN4CCOCC4)c3)no2)ccn1. The van der Waals surface area contributed by atoms with Crippen LogP contribution in [0.1, 0.15) is 11.3 Å². The number of nitrogens with two attached hydrogens (primary N) is 1. The molecule has 2 aromatic heterocycles. The predicted molar refractivity (Wildman–Crippen MR) is 104 cm³/mol. The van der Waals surface area contributed by atoms with Crippen LogP contribution >= 0.6 is 12.4 Å². The van der Waals surface area contributed by atoms with E-state index in [0.717, 1.165) is 49.7 Å². The van der Waals surface area contributed by atoms with E-state index >= 15 is 0 Å². The zero-order valence-electron chi connectivity index (χ0n) is 14.9. The number of halogens is 1. The van der Waals surface area contributed by atoms with Crippen LogP contribution in [0.25, 0.3) is 22.8 Å². The molecule has 0 amide bonds. The highest BCUT2D eigenvalue weighted by molar-refractivity contribution is 5.85. The molecule has 1 aliphatic rings. The molecule has 3 heterocycles. The van der Waals surface area contributed by atoms with Crippen molar-refractivity contribution in [2.45, 2.75) is 13.1 Å². The fourth-order valence-corrected chi connectivity index (χ4v) is 3.01. The largest absolute Gasteiger partial charge is 0.379 e. The Hall–Kier alpha value is -2.32. The van der Waals surface area contributed by atoms with Gasteiger partial charge in [0.2, 0.25) is 5.82 Å². The number of aromatic nitrogens is 3. The van der Waals surface area contributed by atoms with Crippen molar-refractivity contribution in [3.8, 4) is 22.8 Å². The molecule has 1 saturated heterocycles. The third kappa shape index (κ3) is 4.70. The van der Waals surface area contributed by atoms with Crippen molar-refractivity contribution in [1.29, 1.82) is 0 Å². The minimum Gasteiger partial charge on any atom is -0.379 e. The van der Waals surface area contributed by atoms with Crippen LogP contribution < -0.4 is 5.73 Å². The number of hydrogen-bond acceptors (Lipinski definition) is 7. The molecule has 3 aromatic rings. The Balaban J connectivity index is 0.00000210. The lowest BCUT2D eigenvalue weighted by Crippen LogP contribution is -2.35. The summed E-state index contributed by atoms with van der Waals surface area (Å²) in [7, 11) is 0. The van der Waals surface area contributed by atoms with Gasteiger partial charge < -0.3 is 15.0 Å². The summed E-state index contributed by atoms with van der Waals surface area (Å²) in [5.74, 6) is 1.05. The first kappa shape index (κ1) is 19.4. The smallest absolute Gasteiger partial charge is 0.258 e. The summed E-state index contributed by atoms with van der Waals surface area (Å²) in [6.45, 7) is 4.78. The second kappa shape index (κ2) is 9.05. The molecule has 0 atom stereocenters. The number of hydrogen-bond donors (Lipinski definition) is 1. The highest BCUT2D eigenvalue weighted by Crippen LogP contribution is 2.23. The number of morpholine rings is 1. The predicted octanol–water partition coefficient (Wildman–Crippen LogP) is 2.51. The minimum absolute atomic E-state index is 0. The normalized spacial score (nSPS) is 14.7. The van der Waals surface area contributed by atoms with Crippen molar-refractivity contribution in [2.75, 3.05) is 26.3 Å². The van der Waals surface area contributed by atoms with Gasteiger partial charge >= 0.3 is 0 Å². The maximum absolute atomic E-state index is 5.65. The molecule has 7 nitrogen and oxygen atoms in total. The van der Waals surface area contributed by atoms with Gasteiger partial charge in [0.25, 0.3) is 5.89 Å². The van der Waals surface area contributed by atoms with Crippen molar-refractivity contribution in [1.82, 2.24) is 20.0 Å². The van der Waals surface area contributed by atoms with Gasteiger partial charge in [-0.2, -0.15) is 4.98 Å². The molecule has 0 spiro atoms. The molecule has 0 aliphatic carbocycles. The molecule has 1 aromatic carbocycles. The minimum atomic E-state index is 0. The summed E-state index contributed by atoms with van der Waals surface area (Å²) in [6.07, 6.45) is 1.70. The van der Waals surface area contributed by atoms with Crippen LogP contribution in [0.2, 0.25) is 0 Å². The van der Waals surface area contributed by atoms with Crippen LogP contribution in [0.5, 0.6) is 0 Å². The molecule has 0 unspecified atom stereocenters. The van der Waals surface area contributed by atoms with Gasteiger partial charge in [-0.25, -0.2) is 0 Å². The zero-order valence-corrected chi connectivity index (χ0v) is 15.7. The topological polar surface area (TPSA) is 90.3 Å². The first-order valence-electron chi connectivity index (χ1n) is 8.70. The molecule has 2 N–H and O–H groups in total. The molecule has 1 fully saturated rings. The summed E-state index contributed by atoms with van der Waals surface area (Å²) < 4.78 is 10.8. The van der Waals surface area contributed by atoms with E-state index in [1.54, 1.807) is 6.20 Å². The van der Waals surface area contributed by atoms with Gasteiger partial charge in [0.1, 0.15) is 0 Å². The Morgan fingerprint density at radius 1 is 1.07 bits per heavy atom. The van der Waals surface area contributed by atoms with Crippen molar-refractivity contribution in [3.05, 3.63) is 53.9 Å². The standard InChI is InChI=1S/C19H21N5O2.ClH/c20-12-17-11-16(4-5-21-17)19-22-18(23-26-19)15-3-1-2-14(10-15)13-24-6-8-25-9-7-24;/h1-5,10-11H,6-9,12-13,20H2;1H. The highest BCUT2D eigenvalue weighted by atomic mass is 35.5. The summed E-state index contributed by atoms with van der Waals surface area (Å²) >= 11 is 0. The third-order valence-electron chi connectivity index (χ3n) is 4.39. The Kier molecular flexibility index (Phi) is 6.52. The van der Waals surface area contributed by atoms with Crippen LogP contribution in [0, 0.1) is 0 Å². The van der Waals surface area contributed by atoms with E-state index in [2.05, 4.69) is 32.2 Å². The lowest BCUT2D eigenvalue weighted by molar-refractivity contribution is 0.0342. The molecule has 0 radical (unpaired) electrons. The van der Waals surface area contributed by atoms with Crippen LogP contribution in [0.4, 0.5) is 0 Å². The monoisotopic (exact) mass is 387 g/mol. The van der Waals surface area contributed by atoms with E-state index in [1.165, 1.54) is 5.56 Å². The van der Waals surface area contributed by atoms with Crippen molar-refractivity contribution in [3.63, 3.8) is 0 Å². The number of nitrogens with zero attached hydrogens (tertiary/aromatic N) is 4. The molecule has 0 saturated carbocycles. The van der Waals surface area contributed by atoms with E-state index in [-0.39, 0.29) is 12.4 Å². The van der Waals surface area contributed by atoms with E-state index in [9.17, 15) is 0 Å². The van der Waals surface area contributed by atoms with Crippen LogP contribution in [-0.2, 0) is 17.8 Å². The Labute approximate surface area is 164 Å². The highest BCUT2D eigenvalue weighted by Gasteiger charge is 2.14. The lowest BCUT2D eigenvalue weighted by atomic mass is 10.1. The van der Waals surface area contributed by atoms with Crippen molar-refractivity contribution < 1.29 is 9.26 Å². The summed E-state index contributed by atoms with van der Waals surface area (Å²) in [5.41, 5.74) is 9.43. The molecule has 4 rings (SSSR count).